The minimum absolute atomic E-state index is 0.0469. The molecule has 1 saturated carbocycles. The molecule has 0 aromatic heterocycles. The summed E-state index contributed by atoms with van der Waals surface area (Å²) in [4.78, 5) is 25.9. The number of fused-ring (bicyclic) bond motifs is 1. The molecule has 1 aromatic rings. The van der Waals surface area contributed by atoms with Crippen molar-refractivity contribution in [1.82, 2.24) is 0 Å². The topological polar surface area (TPSA) is 37.4 Å². The third-order valence-electron chi connectivity index (χ3n) is 4.00. The highest BCUT2D eigenvalue weighted by atomic mass is 16.2. The first-order valence-electron chi connectivity index (χ1n) is 6.42. The number of nitrogens with zero attached hydrogens (tertiary/aromatic N) is 1. The van der Waals surface area contributed by atoms with Crippen LogP contribution in [0.4, 0.5) is 5.69 Å². The standard InChI is InChI=1S/C15H17NO2/c1-9(17)10-4-7-12-13(8-10)16(11-5-6-11)14(18)15(12,2)3/h4,7-8,11H,5-6H2,1-3H3. The number of rotatable bonds is 2. The van der Waals surface area contributed by atoms with Crippen molar-refractivity contribution in [2.75, 3.05) is 4.90 Å². The first-order chi connectivity index (χ1) is 8.43. The maximum absolute atomic E-state index is 12.5. The van der Waals surface area contributed by atoms with Crippen LogP contribution in [0, 0.1) is 0 Å². The van der Waals surface area contributed by atoms with Crippen LogP contribution < -0.4 is 4.90 Å². The molecule has 1 aliphatic heterocycles. The van der Waals surface area contributed by atoms with Gasteiger partial charge in [0.25, 0.3) is 0 Å². The molecule has 1 heterocycles. The van der Waals surface area contributed by atoms with Crippen molar-refractivity contribution < 1.29 is 9.59 Å². The van der Waals surface area contributed by atoms with Gasteiger partial charge in [0.05, 0.1) is 5.41 Å². The van der Waals surface area contributed by atoms with Gasteiger partial charge in [-0.25, -0.2) is 0 Å². The van der Waals surface area contributed by atoms with Crippen molar-refractivity contribution in [2.24, 2.45) is 0 Å². The summed E-state index contributed by atoms with van der Waals surface area (Å²) in [5, 5.41) is 0. The Morgan fingerprint density at radius 2 is 2.00 bits per heavy atom. The third kappa shape index (κ3) is 1.43. The van der Waals surface area contributed by atoms with Gasteiger partial charge in [-0.15, -0.1) is 0 Å². The number of anilines is 1. The highest BCUT2D eigenvalue weighted by Gasteiger charge is 2.48. The normalized spacial score (nSPS) is 21.1. The van der Waals surface area contributed by atoms with Gasteiger partial charge in [-0.2, -0.15) is 0 Å². The molecule has 0 bridgehead atoms. The van der Waals surface area contributed by atoms with E-state index >= 15 is 0 Å². The molecule has 1 amide bonds. The first kappa shape index (κ1) is 11.5. The van der Waals surface area contributed by atoms with Crippen molar-refractivity contribution in [3.8, 4) is 0 Å². The summed E-state index contributed by atoms with van der Waals surface area (Å²) in [5.74, 6) is 0.214. The minimum Gasteiger partial charge on any atom is -0.308 e. The predicted molar refractivity (Wildman–Crippen MR) is 70.0 cm³/mol. The molecule has 1 fully saturated rings. The Morgan fingerprint density at radius 1 is 1.33 bits per heavy atom. The van der Waals surface area contributed by atoms with Gasteiger partial charge in [0, 0.05) is 17.3 Å². The Morgan fingerprint density at radius 3 is 2.56 bits per heavy atom. The van der Waals surface area contributed by atoms with Crippen LogP contribution in [0.1, 0.15) is 49.5 Å². The highest BCUT2D eigenvalue weighted by molar-refractivity contribution is 6.09. The highest BCUT2D eigenvalue weighted by Crippen LogP contribution is 2.46. The van der Waals surface area contributed by atoms with Crippen molar-refractivity contribution in [3.05, 3.63) is 29.3 Å². The van der Waals surface area contributed by atoms with Crippen LogP contribution in [0.25, 0.3) is 0 Å². The molecule has 3 heteroatoms. The molecule has 0 N–H and O–H groups in total. The molecule has 3 nitrogen and oxygen atoms in total. The largest absolute Gasteiger partial charge is 0.308 e. The van der Waals surface area contributed by atoms with E-state index < -0.39 is 5.41 Å². The molecule has 0 spiro atoms. The lowest BCUT2D eigenvalue weighted by atomic mass is 9.85. The Bertz CT molecular complexity index is 556. The summed E-state index contributed by atoms with van der Waals surface area (Å²) in [6.45, 7) is 5.49. The van der Waals surface area contributed by atoms with E-state index in [2.05, 4.69) is 0 Å². The average Bonchev–Trinajstić information content (AvgIpc) is 3.10. The fourth-order valence-corrected chi connectivity index (χ4v) is 2.70. The van der Waals surface area contributed by atoms with E-state index in [9.17, 15) is 9.59 Å². The number of amides is 1. The molecule has 1 aromatic carbocycles. The second kappa shape index (κ2) is 3.44. The number of benzene rings is 1. The van der Waals surface area contributed by atoms with Gasteiger partial charge < -0.3 is 4.90 Å². The molecule has 0 atom stereocenters. The molecular formula is C15H17NO2. The fourth-order valence-electron chi connectivity index (χ4n) is 2.70. The smallest absolute Gasteiger partial charge is 0.237 e. The van der Waals surface area contributed by atoms with Crippen LogP contribution in [-0.4, -0.2) is 17.7 Å². The summed E-state index contributed by atoms with van der Waals surface area (Å²) in [6, 6.07) is 5.99. The molecular weight excluding hydrogens is 226 g/mol. The lowest BCUT2D eigenvalue weighted by Crippen LogP contribution is -2.37. The van der Waals surface area contributed by atoms with Gasteiger partial charge in [0.1, 0.15) is 0 Å². The average molecular weight is 243 g/mol. The van der Waals surface area contributed by atoms with Crippen LogP contribution in [0.2, 0.25) is 0 Å². The number of carbonyl (C=O) groups is 2. The maximum Gasteiger partial charge on any atom is 0.237 e. The van der Waals surface area contributed by atoms with E-state index in [-0.39, 0.29) is 11.7 Å². The van der Waals surface area contributed by atoms with Gasteiger partial charge in [0.15, 0.2) is 5.78 Å². The van der Waals surface area contributed by atoms with Crippen molar-refractivity contribution in [1.29, 1.82) is 0 Å². The van der Waals surface area contributed by atoms with E-state index in [4.69, 9.17) is 0 Å². The Hall–Kier alpha value is -1.64. The molecule has 0 saturated heterocycles. The molecule has 18 heavy (non-hydrogen) atoms. The van der Waals surface area contributed by atoms with E-state index in [1.165, 1.54) is 0 Å². The second-order valence-corrected chi connectivity index (χ2v) is 5.82. The summed E-state index contributed by atoms with van der Waals surface area (Å²) in [7, 11) is 0. The lowest BCUT2D eigenvalue weighted by molar-refractivity contribution is -0.122. The quantitative estimate of drug-likeness (QED) is 0.749. The van der Waals surface area contributed by atoms with E-state index in [0.717, 1.165) is 24.1 Å². The lowest BCUT2D eigenvalue weighted by Gasteiger charge is -2.19. The van der Waals surface area contributed by atoms with Gasteiger partial charge in [-0.3, -0.25) is 9.59 Å². The van der Waals surface area contributed by atoms with Crippen molar-refractivity contribution >= 4 is 17.4 Å². The second-order valence-electron chi connectivity index (χ2n) is 5.82. The van der Waals surface area contributed by atoms with Crippen molar-refractivity contribution in [3.63, 3.8) is 0 Å². The number of hydrogen-bond donors (Lipinski definition) is 0. The zero-order valence-corrected chi connectivity index (χ0v) is 11.0. The fraction of sp³-hybridized carbons (Fsp3) is 0.467. The third-order valence-corrected chi connectivity index (χ3v) is 4.00. The summed E-state index contributed by atoms with van der Waals surface area (Å²) in [5.41, 5.74) is 2.21. The van der Waals surface area contributed by atoms with Crippen LogP contribution in [0.15, 0.2) is 18.2 Å². The molecule has 1 aliphatic carbocycles. The zero-order valence-electron chi connectivity index (χ0n) is 11.0. The minimum atomic E-state index is -0.465. The van der Waals surface area contributed by atoms with E-state index in [1.54, 1.807) is 6.92 Å². The van der Waals surface area contributed by atoms with Crippen molar-refractivity contribution in [2.45, 2.75) is 45.1 Å². The number of carbonyl (C=O) groups excluding carboxylic acids is 2. The summed E-state index contributed by atoms with van der Waals surface area (Å²) < 4.78 is 0. The van der Waals surface area contributed by atoms with Gasteiger partial charge in [-0.1, -0.05) is 12.1 Å². The molecule has 3 rings (SSSR count). The van der Waals surface area contributed by atoms with E-state index in [0.29, 0.717) is 11.6 Å². The zero-order chi connectivity index (χ0) is 13.1. The summed E-state index contributed by atoms with van der Waals surface area (Å²) in [6.07, 6.45) is 2.15. The maximum atomic E-state index is 12.5. The molecule has 2 aliphatic rings. The number of hydrogen-bond acceptors (Lipinski definition) is 2. The van der Waals surface area contributed by atoms with Gasteiger partial charge in [0.2, 0.25) is 5.91 Å². The van der Waals surface area contributed by atoms with Gasteiger partial charge >= 0.3 is 0 Å². The number of Topliss-reactive ketones (excluding diaryl/α,β-unsaturated/α-hetero) is 1. The Kier molecular flexibility index (Phi) is 2.19. The molecule has 0 radical (unpaired) electrons. The van der Waals surface area contributed by atoms with E-state index in [1.807, 2.05) is 36.9 Å². The monoisotopic (exact) mass is 243 g/mol. The van der Waals surface area contributed by atoms with Gasteiger partial charge in [-0.05, 0) is 45.2 Å². The van der Waals surface area contributed by atoms with Crippen LogP contribution in [-0.2, 0) is 10.2 Å². The van der Waals surface area contributed by atoms with Crippen LogP contribution in [0.3, 0.4) is 0 Å². The summed E-state index contributed by atoms with van der Waals surface area (Å²) >= 11 is 0. The number of ketones is 1. The first-order valence-corrected chi connectivity index (χ1v) is 6.42. The SMILES string of the molecule is CC(=O)c1ccc2c(c1)N(C1CC1)C(=O)C2(C)C. The van der Waals surface area contributed by atoms with Crippen LogP contribution in [0.5, 0.6) is 0 Å². The molecule has 94 valence electrons. The van der Waals surface area contributed by atoms with Crippen LogP contribution >= 0.6 is 0 Å². The predicted octanol–water partition coefficient (Wildman–Crippen LogP) is 2.68. The Labute approximate surface area is 107 Å². The Balaban J connectivity index is 2.17. The molecule has 0 unspecified atom stereocenters.